The molecule has 0 radical (unpaired) electrons. The Morgan fingerprint density at radius 3 is 2.47 bits per heavy atom. The molecular weight excluding hydrogens is 273 g/mol. The molecule has 1 aromatic carbocycles. The lowest BCUT2D eigenvalue weighted by molar-refractivity contribution is 0.0183. The zero-order valence-electron chi connectivity index (χ0n) is 10.4. The van der Waals surface area contributed by atoms with Crippen molar-refractivity contribution < 1.29 is 17.9 Å². The van der Waals surface area contributed by atoms with Gasteiger partial charge in [-0.05, 0) is 30.5 Å². The Balaban J connectivity index is 1.99. The van der Waals surface area contributed by atoms with E-state index in [4.69, 9.17) is 4.74 Å². The number of hydrogen-bond donors (Lipinski definition) is 0. The van der Waals surface area contributed by atoms with Crippen LogP contribution in [0.2, 0.25) is 0 Å². The van der Waals surface area contributed by atoms with Gasteiger partial charge < -0.3 is 4.74 Å². The first-order valence-electron chi connectivity index (χ1n) is 6.10. The van der Waals surface area contributed by atoms with Crippen molar-refractivity contribution in [1.29, 1.82) is 0 Å². The van der Waals surface area contributed by atoms with Gasteiger partial charge in [0.15, 0.2) is 17.5 Å². The molecule has 0 aliphatic carbocycles. The Labute approximate surface area is 114 Å². The van der Waals surface area contributed by atoms with Crippen LogP contribution in [0.15, 0.2) is 24.8 Å². The molecule has 5 heteroatoms. The van der Waals surface area contributed by atoms with E-state index in [0.717, 1.165) is 24.3 Å². The lowest BCUT2D eigenvalue weighted by atomic mass is 10.0. The van der Waals surface area contributed by atoms with Crippen LogP contribution in [0.3, 0.4) is 0 Å². The van der Waals surface area contributed by atoms with E-state index in [0.29, 0.717) is 23.8 Å². The van der Waals surface area contributed by atoms with E-state index in [1.165, 1.54) is 0 Å². The van der Waals surface area contributed by atoms with E-state index in [-0.39, 0.29) is 6.10 Å². The standard InChI is InChI=1S/C14H15F3OS/c1-2-5-19-10-3-4-13(18-8-10)9-6-11(15)14(17)12(16)7-9/h2,6-7,10,13H,1,3-5,8H2. The molecule has 104 valence electrons. The van der Waals surface area contributed by atoms with Crippen LogP contribution in [-0.2, 0) is 4.74 Å². The fourth-order valence-corrected chi connectivity index (χ4v) is 2.97. The summed E-state index contributed by atoms with van der Waals surface area (Å²) in [5.41, 5.74) is 0.364. The van der Waals surface area contributed by atoms with E-state index in [1.807, 2.05) is 6.08 Å². The maximum absolute atomic E-state index is 13.2. The molecule has 1 heterocycles. The summed E-state index contributed by atoms with van der Waals surface area (Å²) in [5, 5.41) is 0.379. The second-order valence-corrected chi connectivity index (χ2v) is 5.78. The maximum Gasteiger partial charge on any atom is 0.194 e. The molecule has 2 rings (SSSR count). The average Bonchev–Trinajstić information content (AvgIpc) is 2.42. The van der Waals surface area contributed by atoms with E-state index in [9.17, 15) is 13.2 Å². The van der Waals surface area contributed by atoms with Gasteiger partial charge in [0.2, 0.25) is 0 Å². The SMILES string of the molecule is C=CCSC1CCC(c2cc(F)c(F)c(F)c2)OC1. The normalized spacial score (nSPS) is 23.3. The predicted octanol–water partition coefficient (Wildman–Crippen LogP) is 4.24. The van der Waals surface area contributed by atoms with Crippen molar-refractivity contribution in [1.82, 2.24) is 0 Å². The highest BCUT2D eigenvalue weighted by atomic mass is 32.2. The zero-order chi connectivity index (χ0) is 13.8. The van der Waals surface area contributed by atoms with Crippen molar-refractivity contribution in [3.05, 3.63) is 47.8 Å². The fraction of sp³-hybridized carbons (Fsp3) is 0.429. The number of benzene rings is 1. The zero-order valence-corrected chi connectivity index (χ0v) is 11.2. The Hall–Kier alpha value is -0.940. The lowest BCUT2D eigenvalue weighted by Crippen LogP contribution is -2.23. The Morgan fingerprint density at radius 2 is 1.95 bits per heavy atom. The highest BCUT2D eigenvalue weighted by Crippen LogP contribution is 2.33. The van der Waals surface area contributed by atoms with Crippen molar-refractivity contribution in [3.63, 3.8) is 0 Å². The van der Waals surface area contributed by atoms with Crippen LogP contribution < -0.4 is 0 Å². The van der Waals surface area contributed by atoms with Crippen molar-refractivity contribution in [3.8, 4) is 0 Å². The largest absolute Gasteiger partial charge is 0.372 e. The van der Waals surface area contributed by atoms with Gasteiger partial charge in [-0.3, -0.25) is 0 Å². The van der Waals surface area contributed by atoms with Crippen molar-refractivity contribution in [2.75, 3.05) is 12.4 Å². The lowest BCUT2D eigenvalue weighted by Gasteiger charge is -2.28. The van der Waals surface area contributed by atoms with Crippen LogP contribution in [0, 0.1) is 17.5 Å². The van der Waals surface area contributed by atoms with Gasteiger partial charge >= 0.3 is 0 Å². The summed E-state index contributed by atoms with van der Waals surface area (Å²) >= 11 is 1.75. The van der Waals surface area contributed by atoms with Crippen LogP contribution >= 0.6 is 11.8 Å². The molecule has 0 spiro atoms. The van der Waals surface area contributed by atoms with Crippen LogP contribution in [0.4, 0.5) is 13.2 Å². The number of ether oxygens (including phenoxy) is 1. The van der Waals surface area contributed by atoms with Gasteiger partial charge in [-0.1, -0.05) is 6.08 Å². The first kappa shape index (κ1) is 14.5. The summed E-state index contributed by atoms with van der Waals surface area (Å²) in [6.45, 7) is 4.19. The van der Waals surface area contributed by atoms with E-state index in [2.05, 4.69) is 6.58 Å². The van der Waals surface area contributed by atoms with Crippen LogP contribution in [0.5, 0.6) is 0 Å². The van der Waals surface area contributed by atoms with Crippen molar-refractivity contribution >= 4 is 11.8 Å². The molecule has 1 aromatic rings. The molecule has 1 aliphatic heterocycles. The molecule has 0 saturated carbocycles. The number of thioether (sulfide) groups is 1. The minimum Gasteiger partial charge on any atom is -0.372 e. The Morgan fingerprint density at radius 1 is 1.26 bits per heavy atom. The van der Waals surface area contributed by atoms with Crippen LogP contribution in [0.25, 0.3) is 0 Å². The molecule has 1 nitrogen and oxygen atoms in total. The summed E-state index contributed by atoms with van der Waals surface area (Å²) < 4.78 is 44.8. The van der Waals surface area contributed by atoms with Gasteiger partial charge in [-0.15, -0.1) is 6.58 Å². The van der Waals surface area contributed by atoms with Crippen LogP contribution in [-0.4, -0.2) is 17.6 Å². The minimum absolute atomic E-state index is 0.356. The summed E-state index contributed by atoms with van der Waals surface area (Å²) in [4.78, 5) is 0. The Kier molecular flexibility index (Phi) is 4.93. The fourth-order valence-electron chi connectivity index (χ4n) is 2.09. The molecule has 2 atom stereocenters. The Bertz CT molecular complexity index is 433. The molecule has 1 aliphatic rings. The maximum atomic E-state index is 13.2. The van der Waals surface area contributed by atoms with Gasteiger partial charge in [-0.2, -0.15) is 11.8 Å². The molecule has 2 unspecified atom stereocenters. The quantitative estimate of drug-likeness (QED) is 0.605. The molecule has 1 saturated heterocycles. The van der Waals surface area contributed by atoms with E-state index < -0.39 is 17.5 Å². The third kappa shape index (κ3) is 3.54. The summed E-state index contributed by atoms with van der Waals surface area (Å²) in [5.74, 6) is -2.90. The van der Waals surface area contributed by atoms with E-state index in [1.54, 1.807) is 11.8 Å². The number of hydrogen-bond acceptors (Lipinski definition) is 2. The van der Waals surface area contributed by atoms with Gasteiger partial charge in [0.1, 0.15) is 0 Å². The summed E-state index contributed by atoms with van der Waals surface area (Å²) in [6, 6.07) is 2.03. The topological polar surface area (TPSA) is 9.23 Å². The third-order valence-electron chi connectivity index (χ3n) is 3.06. The van der Waals surface area contributed by atoms with Crippen LogP contribution in [0.1, 0.15) is 24.5 Å². The molecule has 19 heavy (non-hydrogen) atoms. The smallest absolute Gasteiger partial charge is 0.194 e. The minimum atomic E-state index is -1.43. The summed E-state index contributed by atoms with van der Waals surface area (Å²) in [7, 11) is 0. The van der Waals surface area contributed by atoms with Gasteiger partial charge in [-0.25, -0.2) is 13.2 Å². The van der Waals surface area contributed by atoms with Gasteiger partial charge in [0.25, 0.3) is 0 Å². The number of rotatable bonds is 4. The predicted molar refractivity (Wildman–Crippen MR) is 70.7 cm³/mol. The van der Waals surface area contributed by atoms with Crippen molar-refractivity contribution in [2.45, 2.75) is 24.2 Å². The first-order chi connectivity index (χ1) is 9.11. The van der Waals surface area contributed by atoms with Gasteiger partial charge in [0, 0.05) is 11.0 Å². The van der Waals surface area contributed by atoms with Crippen molar-refractivity contribution in [2.24, 2.45) is 0 Å². The highest BCUT2D eigenvalue weighted by molar-refractivity contribution is 8.00. The molecular formula is C14H15F3OS. The molecule has 0 amide bonds. The second-order valence-electron chi connectivity index (χ2n) is 4.44. The molecule has 0 aromatic heterocycles. The monoisotopic (exact) mass is 288 g/mol. The molecule has 0 N–H and O–H groups in total. The van der Waals surface area contributed by atoms with E-state index >= 15 is 0 Å². The first-order valence-corrected chi connectivity index (χ1v) is 7.15. The number of halogens is 3. The average molecular weight is 288 g/mol. The highest BCUT2D eigenvalue weighted by Gasteiger charge is 2.24. The second kappa shape index (κ2) is 6.48. The van der Waals surface area contributed by atoms with Gasteiger partial charge in [0.05, 0.1) is 12.7 Å². The summed E-state index contributed by atoms with van der Waals surface area (Å²) in [6.07, 6.45) is 3.06. The third-order valence-corrected chi connectivity index (χ3v) is 4.33. The molecule has 1 fully saturated rings. The molecule has 0 bridgehead atoms.